The second kappa shape index (κ2) is 9.77. The molecule has 1 saturated heterocycles. The lowest BCUT2D eigenvalue weighted by Crippen LogP contribution is -2.46. The summed E-state index contributed by atoms with van der Waals surface area (Å²) in [4.78, 5) is 25.9. The third-order valence-electron chi connectivity index (χ3n) is 3.89. The molecule has 1 fully saturated rings. The summed E-state index contributed by atoms with van der Waals surface area (Å²) in [5, 5.41) is 6.42. The monoisotopic (exact) mass is 297 g/mol. The summed E-state index contributed by atoms with van der Waals surface area (Å²) in [6.07, 6.45) is 4.50. The van der Waals surface area contributed by atoms with Gasteiger partial charge in [-0.05, 0) is 39.2 Å². The molecule has 0 saturated carbocycles. The Morgan fingerprint density at radius 2 is 1.86 bits per heavy atom. The highest BCUT2D eigenvalue weighted by Gasteiger charge is 2.20. The second-order valence-corrected chi connectivity index (χ2v) is 6.02. The molecular weight excluding hydrogens is 266 g/mol. The van der Waals surface area contributed by atoms with Gasteiger partial charge in [0.2, 0.25) is 11.8 Å². The molecule has 0 aliphatic carbocycles. The SMILES string of the molecule is CCCN(CCC)C(=O)CCC(=O)NC1CCNC(C)C1. The molecule has 122 valence electrons. The van der Waals surface area contributed by atoms with Crippen LogP contribution in [0.5, 0.6) is 0 Å². The van der Waals surface area contributed by atoms with Gasteiger partial charge in [0.15, 0.2) is 0 Å². The van der Waals surface area contributed by atoms with Crippen LogP contribution in [0.3, 0.4) is 0 Å². The topological polar surface area (TPSA) is 61.4 Å². The van der Waals surface area contributed by atoms with Gasteiger partial charge in [0, 0.05) is 38.0 Å². The Kier molecular flexibility index (Phi) is 8.35. The van der Waals surface area contributed by atoms with Crippen LogP contribution >= 0.6 is 0 Å². The van der Waals surface area contributed by atoms with Crippen molar-refractivity contribution in [2.24, 2.45) is 0 Å². The number of piperidine rings is 1. The van der Waals surface area contributed by atoms with Crippen LogP contribution in [0.2, 0.25) is 0 Å². The molecule has 1 aliphatic rings. The van der Waals surface area contributed by atoms with E-state index in [-0.39, 0.29) is 17.9 Å². The van der Waals surface area contributed by atoms with Crippen LogP contribution in [-0.2, 0) is 9.59 Å². The van der Waals surface area contributed by atoms with E-state index in [0.717, 1.165) is 45.3 Å². The van der Waals surface area contributed by atoms with Crippen molar-refractivity contribution in [3.05, 3.63) is 0 Å². The number of carbonyl (C=O) groups is 2. The highest BCUT2D eigenvalue weighted by molar-refractivity contribution is 5.83. The smallest absolute Gasteiger partial charge is 0.223 e. The van der Waals surface area contributed by atoms with Crippen LogP contribution in [0.25, 0.3) is 0 Å². The lowest BCUT2D eigenvalue weighted by molar-refractivity contribution is -0.133. The number of hydrogen-bond donors (Lipinski definition) is 2. The van der Waals surface area contributed by atoms with Crippen molar-refractivity contribution in [3.63, 3.8) is 0 Å². The molecule has 2 N–H and O–H groups in total. The summed E-state index contributed by atoms with van der Waals surface area (Å²) in [5.41, 5.74) is 0. The molecule has 0 aromatic carbocycles. The summed E-state index contributed by atoms with van der Waals surface area (Å²) in [5.74, 6) is 0.114. The third-order valence-corrected chi connectivity index (χ3v) is 3.89. The zero-order valence-corrected chi connectivity index (χ0v) is 13.8. The van der Waals surface area contributed by atoms with Crippen molar-refractivity contribution in [2.75, 3.05) is 19.6 Å². The number of hydrogen-bond acceptors (Lipinski definition) is 3. The molecule has 1 heterocycles. The van der Waals surface area contributed by atoms with Gasteiger partial charge < -0.3 is 15.5 Å². The second-order valence-electron chi connectivity index (χ2n) is 6.02. The third kappa shape index (κ3) is 6.93. The molecule has 5 heteroatoms. The summed E-state index contributed by atoms with van der Waals surface area (Å²) in [7, 11) is 0. The van der Waals surface area contributed by atoms with Crippen LogP contribution in [0.15, 0.2) is 0 Å². The predicted octanol–water partition coefficient (Wildman–Crippen LogP) is 1.67. The first-order valence-electron chi connectivity index (χ1n) is 8.37. The standard InChI is InChI=1S/C16H31N3O2/c1-4-10-19(11-5-2)16(21)7-6-15(20)18-14-8-9-17-13(3)12-14/h13-14,17H,4-12H2,1-3H3,(H,18,20). The van der Waals surface area contributed by atoms with Crippen LogP contribution < -0.4 is 10.6 Å². The van der Waals surface area contributed by atoms with Crippen LogP contribution in [0, 0.1) is 0 Å². The Labute approximate surface area is 128 Å². The average molecular weight is 297 g/mol. The zero-order chi connectivity index (χ0) is 15.7. The average Bonchev–Trinajstić information content (AvgIpc) is 2.44. The fourth-order valence-corrected chi connectivity index (χ4v) is 2.84. The first kappa shape index (κ1) is 18.0. The van der Waals surface area contributed by atoms with Crippen molar-refractivity contribution in [1.82, 2.24) is 15.5 Å². The van der Waals surface area contributed by atoms with Gasteiger partial charge in [-0.2, -0.15) is 0 Å². The van der Waals surface area contributed by atoms with Gasteiger partial charge in [0.05, 0.1) is 0 Å². The maximum absolute atomic E-state index is 12.1. The molecule has 0 aromatic rings. The van der Waals surface area contributed by atoms with Crippen molar-refractivity contribution < 1.29 is 9.59 Å². The van der Waals surface area contributed by atoms with E-state index in [9.17, 15) is 9.59 Å². The highest BCUT2D eigenvalue weighted by Crippen LogP contribution is 2.09. The molecule has 5 nitrogen and oxygen atoms in total. The number of amides is 2. The van der Waals surface area contributed by atoms with E-state index in [1.165, 1.54) is 0 Å². The van der Waals surface area contributed by atoms with Gasteiger partial charge in [-0.1, -0.05) is 13.8 Å². The normalized spacial score (nSPS) is 21.9. The van der Waals surface area contributed by atoms with E-state index in [2.05, 4.69) is 31.4 Å². The van der Waals surface area contributed by atoms with E-state index in [0.29, 0.717) is 18.9 Å². The molecule has 1 rings (SSSR count). The van der Waals surface area contributed by atoms with E-state index >= 15 is 0 Å². The van der Waals surface area contributed by atoms with Crippen molar-refractivity contribution in [2.45, 2.75) is 71.4 Å². The first-order chi connectivity index (χ1) is 10.1. The summed E-state index contributed by atoms with van der Waals surface area (Å²) >= 11 is 0. The first-order valence-corrected chi connectivity index (χ1v) is 8.37. The molecular formula is C16H31N3O2. The Balaban J connectivity index is 2.29. The molecule has 21 heavy (non-hydrogen) atoms. The summed E-state index contributed by atoms with van der Waals surface area (Å²) in [6.45, 7) is 8.81. The molecule has 0 radical (unpaired) electrons. The Hall–Kier alpha value is -1.10. The van der Waals surface area contributed by atoms with Crippen molar-refractivity contribution >= 4 is 11.8 Å². The Bertz CT molecular complexity index is 327. The number of nitrogens with one attached hydrogen (secondary N) is 2. The number of nitrogens with zero attached hydrogens (tertiary/aromatic N) is 1. The molecule has 2 amide bonds. The van der Waals surface area contributed by atoms with Gasteiger partial charge in [-0.15, -0.1) is 0 Å². The minimum atomic E-state index is 0.00963. The van der Waals surface area contributed by atoms with Gasteiger partial charge >= 0.3 is 0 Å². The van der Waals surface area contributed by atoms with Crippen molar-refractivity contribution in [1.29, 1.82) is 0 Å². The fourth-order valence-electron chi connectivity index (χ4n) is 2.84. The largest absolute Gasteiger partial charge is 0.353 e. The minimum absolute atomic E-state index is 0.00963. The van der Waals surface area contributed by atoms with Crippen molar-refractivity contribution in [3.8, 4) is 0 Å². The highest BCUT2D eigenvalue weighted by atomic mass is 16.2. The molecule has 0 spiro atoms. The van der Waals surface area contributed by atoms with Crippen LogP contribution in [0.1, 0.15) is 59.3 Å². The zero-order valence-electron chi connectivity index (χ0n) is 13.8. The molecule has 2 unspecified atom stereocenters. The fraction of sp³-hybridized carbons (Fsp3) is 0.875. The minimum Gasteiger partial charge on any atom is -0.353 e. The van der Waals surface area contributed by atoms with Crippen LogP contribution in [-0.4, -0.2) is 48.4 Å². The maximum Gasteiger partial charge on any atom is 0.223 e. The molecule has 0 aromatic heterocycles. The van der Waals surface area contributed by atoms with Gasteiger partial charge in [-0.3, -0.25) is 9.59 Å². The summed E-state index contributed by atoms with van der Waals surface area (Å²) in [6, 6.07) is 0.710. The Morgan fingerprint density at radius 3 is 2.43 bits per heavy atom. The number of rotatable bonds is 8. The lowest BCUT2D eigenvalue weighted by atomic mass is 10.0. The van der Waals surface area contributed by atoms with Gasteiger partial charge in [-0.25, -0.2) is 0 Å². The van der Waals surface area contributed by atoms with Gasteiger partial charge in [0.1, 0.15) is 0 Å². The molecule has 0 bridgehead atoms. The van der Waals surface area contributed by atoms with E-state index in [1.54, 1.807) is 0 Å². The van der Waals surface area contributed by atoms with E-state index in [1.807, 2.05) is 4.90 Å². The van der Waals surface area contributed by atoms with E-state index in [4.69, 9.17) is 0 Å². The quantitative estimate of drug-likeness (QED) is 0.716. The van der Waals surface area contributed by atoms with Gasteiger partial charge in [0.25, 0.3) is 0 Å². The Morgan fingerprint density at radius 1 is 1.19 bits per heavy atom. The predicted molar refractivity (Wildman–Crippen MR) is 85.0 cm³/mol. The molecule has 2 atom stereocenters. The summed E-state index contributed by atoms with van der Waals surface area (Å²) < 4.78 is 0. The van der Waals surface area contributed by atoms with Crippen LogP contribution in [0.4, 0.5) is 0 Å². The molecule has 1 aliphatic heterocycles. The maximum atomic E-state index is 12.1. The van der Waals surface area contributed by atoms with E-state index < -0.39 is 0 Å². The lowest BCUT2D eigenvalue weighted by Gasteiger charge is -2.28. The number of carbonyl (C=O) groups excluding carboxylic acids is 2.